The Morgan fingerprint density at radius 1 is 1.42 bits per heavy atom. The molecule has 0 saturated heterocycles. The highest BCUT2D eigenvalue weighted by molar-refractivity contribution is 6.35. The number of halogens is 1. The Morgan fingerprint density at radius 3 is 2.89 bits per heavy atom. The standard InChI is InChI=1S/C15H17ClN2O/c1-2-18(11-6-7-11)15(19)10-17-9-8-12-13(16)4-3-5-14(12)17/h3-5,8-9,11H,2,6-7,10H2,1H3. The fourth-order valence-corrected chi connectivity index (χ4v) is 2.82. The molecule has 1 aliphatic carbocycles. The molecule has 2 aromatic rings. The van der Waals surface area contributed by atoms with Crippen LogP contribution >= 0.6 is 11.6 Å². The van der Waals surface area contributed by atoms with Crippen molar-refractivity contribution in [2.45, 2.75) is 32.4 Å². The van der Waals surface area contributed by atoms with E-state index in [2.05, 4.69) is 0 Å². The molecule has 100 valence electrons. The second kappa shape index (κ2) is 4.89. The largest absolute Gasteiger partial charge is 0.338 e. The van der Waals surface area contributed by atoms with Gasteiger partial charge in [-0.15, -0.1) is 0 Å². The monoisotopic (exact) mass is 276 g/mol. The quantitative estimate of drug-likeness (QED) is 0.841. The number of aromatic nitrogens is 1. The molecule has 0 unspecified atom stereocenters. The Bertz CT molecular complexity index is 616. The van der Waals surface area contributed by atoms with E-state index in [1.54, 1.807) is 0 Å². The van der Waals surface area contributed by atoms with Crippen molar-refractivity contribution in [1.82, 2.24) is 9.47 Å². The molecule has 0 bridgehead atoms. The van der Waals surface area contributed by atoms with Crippen LogP contribution in [0.2, 0.25) is 5.02 Å². The zero-order valence-corrected chi connectivity index (χ0v) is 11.7. The number of rotatable bonds is 4. The molecule has 19 heavy (non-hydrogen) atoms. The van der Waals surface area contributed by atoms with Gasteiger partial charge >= 0.3 is 0 Å². The second-order valence-electron chi connectivity index (χ2n) is 5.03. The molecule has 3 rings (SSSR count). The Morgan fingerprint density at radius 2 is 2.21 bits per heavy atom. The molecular weight excluding hydrogens is 260 g/mol. The minimum Gasteiger partial charge on any atom is -0.338 e. The van der Waals surface area contributed by atoms with Gasteiger partial charge in [0.15, 0.2) is 0 Å². The summed E-state index contributed by atoms with van der Waals surface area (Å²) in [5.74, 6) is 0.197. The van der Waals surface area contributed by atoms with Crippen LogP contribution in [0.15, 0.2) is 30.5 Å². The smallest absolute Gasteiger partial charge is 0.242 e. The van der Waals surface area contributed by atoms with Crippen LogP contribution in [0.1, 0.15) is 19.8 Å². The highest BCUT2D eigenvalue weighted by Crippen LogP contribution is 2.28. The van der Waals surface area contributed by atoms with Crippen molar-refractivity contribution >= 4 is 28.4 Å². The summed E-state index contributed by atoms with van der Waals surface area (Å²) in [5, 5.41) is 1.74. The van der Waals surface area contributed by atoms with Crippen molar-refractivity contribution in [1.29, 1.82) is 0 Å². The van der Waals surface area contributed by atoms with Gasteiger partial charge in [0.1, 0.15) is 6.54 Å². The molecule has 1 saturated carbocycles. The van der Waals surface area contributed by atoms with Gasteiger partial charge in [-0.25, -0.2) is 0 Å². The average molecular weight is 277 g/mol. The fraction of sp³-hybridized carbons (Fsp3) is 0.400. The lowest BCUT2D eigenvalue weighted by Crippen LogP contribution is -2.35. The summed E-state index contributed by atoms with van der Waals surface area (Å²) in [6.45, 7) is 3.23. The normalized spacial score (nSPS) is 14.8. The van der Waals surface area contributed by atoms with Gasteiger partial charge in [-0.05, 0) is 38.0 Å². The number of amides is 1. The molecule has 0 N–H and O–H groups in total. The van der Waals surface area contributed by atoms with Crippen LogP contribution in [0.25, 0.3) is 10.9 Å². The van der Waals surface area contributed by atoms with E-state index in [1.807, 2.05) is 46.9 Å². The number of nitrogens with zero attached hydrogens (tertiary/aromatic N) is 2. The lowest BCUT2D eigenvalue weighted by atomic mass is 10.2. The lowest BCUT2D eigenvalue weighted by Gasteiger charge is -2.20. The first-order chi connectivity index (χ1) is 9.20. The van der Waals surface area contributed by atoms with E-state index < -0.39 is 0 Å². The van der Waals surface area contributed by atoms with Crippen molar-refractivity contribution in [3.05, 3.63) is 35.5 Å². The number of likely N-dealkylation sites (N-methyl/N-ethyl adjacent to an activating group) is 1. The van der Waals surface area contributed by atoms with Crippen molar-refractivity contribution < 1.29 is 4.79 Å². The van der Waals surface area contributed by atoms with E-state index in [0.29, 0.717) is 12.6 Å². The van der Waals surface area contributed by atoms with Gasteiger partial charge in [-0.2, -0.15) is 0 Å². The number of fused-ring (bicyclic) bond motifs is 1. The molecule has 4 heteroatoms. The molecule has 1 heterocycles. The lowest BCUT2D eigenvalue weighted by molar-refractivity contribution is -0.132. The van der Waals surface area contributed by atoms with Gasteiger partial charge in [-0.3, -0.25) is 4.79 Å². The summed E-state index contributed by atoms with van der Waals surface area (Å²) in [6, 6.07) is 8.24. The molecule has 0 aliphatic heterocycles. The number of benzene rings is 1. The molecular formula is C15H17ClN2O. The Kier molecular flexibility index (Phi) is 3.23. The Balaban J connectivity index is 1.85. The third-order valence-electron chi connectivity index (χ3n) is 3.71. The Labute approximate surface area is 117 Å². The predicted molar refractivity (Wildman–Crippen MR) is 77.4 cm³/mol. The zero-order valence-electron chi connectivity index (χ0n) is 11.0. The van der Waals surface area contributed by atoms with Crippen molar-refractivity contribution in [2.75, 3.05) is 6.54 Å². The highest BCUT2D eigenvalue weighted by Gasteiger charge is 2.31. The van der Waals surface area contributed by atoms with Gasteiger partial charge in [0.05, 0.1) is 0 Å². The molecule has 3 nitrogen and oxygen atoms in total. The second-order valence-corrected chi connectivity index (χ2v) is 5.43. The predicted octanol–water partition coefficient (Wildman–Crippen LogP) is 3.31. The minimum absolute atomic E-state index is 0.197. The summed E-state index contributed by atoms with van der Waals surface area (Å²) in [7, 11) is 0. The van der Waals surface area contributed by atoms with Gasteiger partial charge in [-0.1, -0.05) is 17.7 Å². The number of carbonyl (C=O) groups is 1. The zero-order chi connectivity index (χ0) is 13.4. The van der Waals surface area contributed by atoms with E-state index in [0.717, 1.165) is 35.3 Å². The highest BCUT2D eigenvalue weighted by atomic mass is 35.5. The van der Waals surface area contributed by atoms with Crippen LogP contribution in [0.5, 0.6) is 0 Å². The van der Waals surface area contributed by atoms with Crippen LogP contribution in [0, 0.1) is 0 Å². The first kappa shape index (κ1) is 12.5. The number of hydrogen-bond acceptors (Lipinski definition) is 1. The summed E-state index contributed by atoms with van der Waals surface area (Å²) in [6.07, 6.45) is 4.24. The molecule has 1 aromatic heterocycles. The molecule has 1 aliphatic rings. The minimum atomic E-state index is 0.197. The van der Waals surface area contributed by atoms with E-state index >= 15 is 0 Å². The summed E-state index contributed by atoms with van der Waals surface area (Å²) >= 11 is 6.15. The Hall–Kier alpha value is -1.48. The first-order valence-electron chi connectivity index (χ1n) is 6.73. The van der Waals surface area contributed by atoms with Crippen molar-refractivity contribution in [3.63, 3.8) is 0 Å². The topological polar surface area (TPSA) is 25.2 Å². The van der Waals surface area contributed by atoms with Gasteiger partial charge in [0.25, 0.3) is 0 Å². The molecule has 1 amide bonds. The summed E-state index contributed by atoms with van der Waals surface area (Å²) in [5.41, 5.74) is 1.02. The molecule has 1 aromatic carbocycles. The van der Waals surface area contributed by atoms with Crippen LogP contribution in [0.4, 0.5) is 0 Å². The first-order valence-corrected chi connectivity index (χ1v) is 7.11. The number of carbonyl (C=O) groups excluding carboxylic acids is 1. The number of hydrogen-bond donors (Lipinski definition) is 0. The molecule has 0 spiro atoms. The van der Waals surface area contributed by atoms with Crippen LogP contribution in [-0.4, -0.2) is 28.0 Å². The maximum Gasteiger partial charge on any atom is 0.242 e. The van der Waals surface area contributed by atoms with E-state index in [4.69, 9.17) is 11.6 Å². The average Bonchev–Trinajstić information content (AvgIpc) is 3.13. The van der Waals surface area contributed by atoms with E-state index in [-0.39, 0.29) is 5.91 Å². The fourth-order valence-electron chi connectivity index (χ4n) is 2.58. The van der Waals surface area contributed by atoms with E-state index in [1.165, 1.54) is 0 Å². The molecule has 0 radical (unpaired) electrons. The summed E-state index contributed by atoms with van der Waals surface area (Å²) < 4.78 is 1.98. The maximum absolute atomic E-state index is 12.3. The van der Waals surface area contributed by atoms with Crippen LogP contribution < -0.4 is 0 Å². The SMILES string of the molecule is CCN(C(=O)Cn1ccc2c(Cl)cccc21)C1CC1. The summed E-state index contributed by atoms with van der Waals surface area (Å²) in [4.78, 5) is 14.3. The maximum atomic E-state index is 12.3. The third kappa shape index (κ3) is 2.35. The third-order valence-corrected chi connectivity index (χ3v) is 4.04. The van der Waals surface area contributed by atoms with Gasteiger partial charge in [0, 0.05) is 34.7 Å². The van der Waals surface area contributed by atoms with Crippen molar-refractivity contribution in [2.24, 2.45) is 0 Å². The molecule has 0 atom stereocenters. The van der Waals surface area contributed by atoms with Crippen molar-refractivity contribution in [3.8, 4) is 0 Å². The van der Waals surface area contributed by atoms with Crippen LogP contribution in [-0.2, 0) is 11.3 Å². The van der Waals surface area contributed by atoms with Gasteiger partial charge < -0.3 is 9.47 Å². The van der Waals surface area contributed by atoms with E-state index in [9.17, 15) is 4.79 Å². The molecule has 1 fully saturated rings. The van der Waals surface area contributed by atoms with Gasteiger partial charge in [0.2, 0.25) is 5.91 Å². The van der Waals surface area contributed by atoms with Crippen LogP contribution in [0.3, 0.4) is 0 Å².